The Kier molecular flexibility index (Phi) is 4.80. The maximum absolute atomic E-state index is 11.6. The molecule has 1 heterocycles. The van der Waals surface area contributed by atoms with E-state index in [4.69, 9.17) is 11.2 Å². The lowest BCUT2D eigenvalue weighted by atomic mass is 10.2. The van der Waals surface area contributed by atoms with Crippen molar-refractivity contribution in [2.75, 3.05) is 13.7 Å². The molecule has 1 aliphatic rings. The predicted molar refractivity (Wildman–Crippen MR) is 56.4 cm³/mol. The number of carbonyl (C=O) groups excluding carboxylic acids is 2. The van der Waals surface area contributed by atoms with Gasteiger partial charge in [0, 0.05) is 13.0 Å². The number of hydrogen-bond acceptors (Lipinski definition) is 4. The summed E-state index contributed by atoms with van der Waals surface area (Å²) in [6, 6.07) is -0.785. The molecule has 0 aromatic carbocycles. The number of nitrogens with one attached hydrogen (secondary N) is 1. The van der Waals surface area contributed by atoms with Crippen molar-refractivity contribution in [3.8, 4) is 12.3 Å². The number of carbonyl (C=O) groups is 2. The second-order valence-electron chi connectivity index (χ2n) is 3.49. The number of amides is 1. The Morgan fingerprint density at radius 1 is 1.69 bits per heavy atom. The molecule has 5 nitrogen and oxygen atoms in total. The highest BCUT2D eigenvalue weighted by Gasteiger charge is 2.28. The Balaban J connectivity index is 2.50. The van der Waals surface area contributed by atoms with Crippen LogP contribution in [0.4, 0.5) is 0 Å². The van der Waals surface area contributed by atoms with Gasteiger partial charge in [0.25, 0.3) is 0 Å². The van der Waals surface area contributed by atoms with E-state index in [1.807, 2.05) is 0 Å². The van der Waals surface area contributed by atoms with Gasteiger partial charge in [0.1, 0.15) is 12.1 Å². The third kappa shape index (κ3) is 3.24. The Hall–Kier alpha value is -1.54. The van der Waals surface area contributed by atoms with Crippen LogP contribution in [-0.2, 0) is 19.1 Å². The fourth-order valence-electron chi connectivity index (χ4n) is 1.50. The predicted octanol–water partition coefficient (Wildman–Crippen LogP) is -0.154. The molecule has 0 aromatic rings. The van der Waals surface area contributed by atoms with Crippen LogP contribution in [0.2, 0.25) is 0 Å². The summed E-state index contributed by atoms with van der Waals surface area (Å²) in [5.74, 6) is 1.48. The maximum atomic E-state index is 11.6. The third-order valence-corrected chi connectivity index (χ3v) is 2.35. The molecule has 1 N–H and O–H groups in total. The molecule has 2 atom stereocenters. The van der Waals surface area contributed by atoms with E-state index in [1.54, 1.807) is 0 Å². The first-order valence-electron chi connectivity index (χ1n) is 5.12. The zero-order valence-corrected chi connectivity index (χ0v) is 9.19. The van der Waals surface area contributed by atoms with E-state index in [-0.39, 0.29) is 12.3 Å². The van der Waals surface area contributed by atoms with Gasteiger partial charge in [-0.2, -0.15) is 0 Å². The molecule has 0 radical (unpaired) electrons. The van der Waals surface area contributed by atoms with Crippen molar-refractivity contribution in [2.45, 2.75) is 31.4 Å². The monoisotopic (exact) mass is 225 g/mol. The normalized spacial score (nSPS) is 20.9. The van der Waals surface area contributed by atoms with E-state index in [0.29, 0.717) is 13.0 Å². The molecule has 1 rings (SSSR count). The summed E-state index contributed by atoms with van der Waals surface area (Å²) >= 11 is 0. The quantitative estimate of drug-likeness (QED) is 0.533. The minimum Gasteiger partial charge on any atom is -0.467 e. The van der Waals surface area contributed by atoms with Crippen LogP contribution >= 0.6 is 0 Å². The van der Waals surface area contributed by atoms with Gasteiger partial charge in [-0.05, 0) is 12.8 Å². The van der Waals surface area contributed by atoms with Gasteiger partial charge in [-0.1, -0.05) is 0 Å². The first-order valence-corrected chi connectivity index (χ1v) is 5.12. The molecule has 5 heteroatoms. The molecule has 0 aliphatic carbocycles. The van der Waals surface area contributed by atoms with Crippen LogP contribution in [0.15, 0.2) is 0 Å². The third-order valence-electron chi connectivity index (χ3n) is 2.35. The number of rotatable bonds is 4. The molecular weight excluding hydrogens is 210 g/mol. The number of hydrogen-bond donors (Lipinski definition) is 1. The number of methoxy groups -OCH3 is 1. The van der Waals surface area contributed by atoms with E-state index in [1.165, 1.54) is 7.11 Å². The van der Waals surface area contributed by atoms with Crippen molar-refractivity contribution >= 4 is 11.9 Å². The minimum atomic E-state index is -0.785. The Morgan fingerprint density at radius 3 is 2.94 bits per heavy atom. The highest BCUT2D eigenvalue weighted by molar-refractivity contribution is 5.87. The first-order chi connectivity index (χ1) is 7.69. The summed E-state index contributed by atoms with van der Waals surface area (Å²) in [6.45, 7) is 0.579. The lowest BCUT2D eigenvalue weighted by molar-refractivity contribution is -0.146. The second kappa shape index (κ2) is 6.13. The highest BCUT2D eigenvalue weighted by atomic mass is 16.5. The summed E-state index contributed by atoms with van der Waals surface area (Å²) in [7, 11) is 1.25. The van der Waals surface area contributed by atoms with Crippen LogP contribution < -0.4 is 5.32 Å². The van der Waals surface area contributed by atoms with Crippen LogP contribution in [0.3, 0.4) is 0 Å². The van der Waals surface area contributed by atoms with Crippen molar-refractivity contribution < 1.29 is 19.1 Å². The van der Waals surface area contributed by atoms with Crippen LogP contribution in [0.25, 0.3) is 0 Å². The van der Waals surface area contributed by atoms with Crippen molar-refractivity contribution in [1.29, 1.82) is 0 Å². The van der Waals surface area contributed by atoms with Crippen LogP contribution in [0, 0.1) is 12.3 Å². The van der Waals surface area contributed by atoms with Crippen LogP contribution in [-0.4, -0.2) is 37.7 Å². The molecule has 0 spiro atoms. The topological polar surface area (TPSA) is 64.6 Å². The molecular formula is C11H15NO4. The molecule has 0 bridgehead atoms. The highest BCUT2D eigenvalue weighted by Crippen LogP contribution is 2.12. The maximum Gasteiger partial charge on any atom is 0.329 e. The Labute approximate surface area is 94.5 Å². The van der Waals surface area contributed by atoms with Gasteiger partial charge in [0.05, 0.1) is 7.11 Å². The molecule has 0 unspecified atom stereocenters. The lowest BCUT2D eigenvalue weighted by Gasteiger charge is -2.16. The smallest absolute Gasteiger partial charge is 0.329 e. The number of terminal acetylenes is 1. The van der Waals surface area contributed by atoms with Gasteiger partial charge in [-0.25, -0.2) is 4.79 Å². The molecule has 1 fully saturated rings. The summed E-state index contributed by atoms with van der Waals surface area (Å²) < 4.78 is 9.73. The number of ether oxygens (including phenoxy) is 2. The van der Waals surface area contributed by atoms with Gasteiger partial charge in [-0.15, -0.1) is 12.3 Å². The first kappa shape index (κ1) is 12.5. The van der Waals surface area contributed by atoms with Crippen LogP contribution in [0.1, 0.15) is 19.3 Å². The van der Waals surface area contributed by atoms with Crippen molar-refractivity contribution in [3.63, 3.8) is 0 Å². The molecule has 0 aromatic heterocycles. The fourth-order valence-corrected chi connectivity index (χ4v) is 1.50. The molecule has 0 saturated carbocycles. The van der Waals surface area contributed by atoms with Crippen molar-refractivity contribution in [2.24, 2.45) is 0 Å². The molecule has 16 heavy (non-hydrogen) atoms. The van der Waals surface area contributed by atoms with Gasteiger partial charge >= 0.3 is 5.97 Å². The van der Waals surface area contributed by atoms with Gasteiger partial charge in [-0.3, -0.25) is 4.79 Å². The summed E-state index contributed by atoms with van der Waals surface area (Å²) in [5.41, 5.74) is 0. The number of esters is 1. The van der Waals surface area contributed by atoms with E-state index >= 15 is 0 Å². The van der Waals surface area contributed by atoms with Gasteiger partial charge in [0.2, 0.25) is 5.91 Å². The summed E-state index contributed by atoms with van der Waals surface area (Å²) in [5, 5.41) is 2.53. The molecule has 1 amide bonds. The molecule has 1 aliphatic heterocycles. The van der Waals surface area contributed by atoms with Gasteiger partial charge in [0.15, 0.2) is 0 Å². The Morgan fingerprint density at radius 2 is 2.44 bits per heavy atom. The standard InChI is InChI=1S/C11H15NO4/c1-3-5-8(11(14)15-2)12-10(13)9-6-4-7-16-9/h1,8-9H,4-7H2,2H3,(H,12,13)/t8-,9+/m1/s1. The average molecular weight is 225 g/mol. The summed E-state index contributed by atoms with van der Waals surface area (Å²) in [6.07, 6.45) is 6.29. The van der Waals surface area contributed by atoms with E-state index in [2.05, 4.69) is 16.0 Å². The fraction of sp³-hybridized carbons (Fsp3) is 0.636. The van der Waals surface area contributed by atoms with E-state index in [9.17, 15) is 9.59 Å². The SMILES string of the molecule is C#CC[C@@H](NC(=O)[C@@H]1CCCO1)C(=O)OC. The van der Waals surface area contributed by atoms with E-state index < -0.39 is 18.1 Å². The van der Waals surface area contributed by atoms with Crippen molar-refractivity contribution in [3.05, 3.63) is 0 Å². The van der Waals surface area contributed by atoms with Crippen LogP contribution in [0.5, 0.6) is 0 Å². The summed E-state index contributed by atoms with van der Waals surface area (Å²) in [4.78, 5) is 22.9. The van der Waals surface area contributed by atoms with Crippen molar-refractivity contribution in [1.82, 2.24) is 5.32 Å². The largest absolute Gasteiger partial charge is 0.467 e. The minimum absolute atomic E-state index is 0.116. The second-order valence-corrected chi connectivity index (χ2v) is 3.49. The average Bonchev–Trinajstić information content (AvgIpc) is 2.80. The lowest BCUT2D eigenvalue weighted by Crippen LogP contribution is -2.45. The zero-order valence-electron chi connectivity index (χ0n) is 9.19. The Bertz CT molecular complexity index is 302. The molecule has 88 valence electrons. The molecule has 1 saturated heterocycles. The van der Waals surface area contributed by atoms with E-state index in [0.717, 1.165) is 6.42 Å². The zero-order chi connectivity index (χ0) is 12.0. The van der Waals surface area contributed by atoms with Gasteiger partial charge < -0.3 is 14.8 Å².